The van der Waals surface area contributed by atoms with Crippen LogP contribution in [0.15, 0.2) is 83.8 Å². The molecule has 0 unspecified atom stereocenters. The Morgan fingerprint density at radius 3 is 2.50 bits per heavy atom. The number of thiazole rings is 1. The van der Waals surface area contributed by atoms with Crippen LogP contribution in [0.2, 0.25) is 0 Å². The van der Waals surface area contributed by atoms with E-state index in [4.69, 9.17) is 5.73 Å². The van der Waals surface area contributed by atoms with Gasteiger partial charge in [0.1, 0.15) is 5.56 Å². The summed E-state index contributed by atoms with van der Waals surface area (Å²) in [4.78, 5) is 43.0. The first-order valence-electron chi connectivity index (χ1n) is 12.4. The molecule has 0 saturated heterocycles. The van der Waals surface area contributed by atoms with E-state index in [1.54, 1.807) is 30.5 Å². The van der Waals surface area contributed by atoms with E-state index in [2.05, 4.69) is 15.6 Å². The van der Waals surface area contributed by atoms with Crippen LogP contribution in [0.5, 0.6) is 0 Å². The number of unbranched alkanes of at least 4 members (excludes halogenated alkanes) is 2. The monoisotopic (exact) mass is 525 g/mol. The van der Waals surface area contributed by atoms with Gasteiger partial charge in [-0.3, -0.25) is 19.7 Å². The lowest BCUT2D eigenvalue weighted by Gasteiger charge is -2.13. The second-order valence-electron chi connectivity index (χ2n) is 8.97. The number of para-hydroxylation sites is 4. The lowest BCUT2D eigenvalue weighted by molar-refractivity contribution is -0.116. The molecule has 0 radical (unpaired) electrons. The number of nitrogens with two attached hydrogens (primary N) is 1. The number of benzene rings is 3. The Labute approximate surface area is 223 Å². The van der Waals surface area contributed by atoms with E-state index in [0.717, 1.165) is 28.6 Å². The van der Waals surface area contributed by atoms with Crippen molar-refractivity contribution in [3.05, 3.63) is 94.8 Å². The standard InChI is InChI=1S/C29H27N5O3S/c30-21-11-4-5-12-22(21)31-26(35)16-2-1-9-17-34-18-20(27(36)19-10-3-7-14-24(19)34)28(37)33-29-32-23-13-6-8-15-25(23)38-29/h3-8,10-15,18H,1-2,9,16-17,30H2,(H,31,35)(H,32,33,37). The summed E-state index contributed by atoms with van der Waals surface area (Å²) in [6.07, 6.45) is 4.31. The second-order valence-corrected chi connectivity index (χ2v) is 10.0. The lowest BCUT2D eigenvalue weighted by atomic mass is 10.1. The van der Waals surface area contributed by atoms with Crippen molar-refractivity contribution in [3.8, 4) is 0 Å². The van der Waals surface area contributed by atoms with Gasteiger partial charge in [0.15, 0.2) is 5.13 Å². The Bertz CT molecular complexity index is 1660. The van der Waals surface area contributed by atoms with E-state index >= 15 is 0 Å². The molecule has 0 spiro atoms. The van der Waals surface area contributed by atoms with Crippen LogP contribution in [-0.4, -0.2) is 21.4 Å². The molecule has 0 bridgehead atoms. The smallest absolute Gasteiger partial charge is 0.262 e. The highest BCUT2D eigenvalue weighted by Crippen LogP contribution is 2.26. The quantitative estimate of drug-likeness (QED) is 0.170. The van der Waals surface area contributed by atoms with Gasteiger partial charge >= 0.3 is 0 Å². The fraction of sp³-hybridized carbons (Fsp3) is 0.172. The van der Waals surface area contributed by atoms with Crippen molar-refractivity contribution < 1.29 is 9.59 Å². The lowest BCUT2D eigenvalue weighted by Crippen LogP contribution is -2.24. The molecule has 5 aromatic rings. The van der Waals surface area contributed by atoms with Crippen molar-refractivity contribution >= 4 is 60.8 Å². The van der Waals surface area contributed by atoms with Gasteiger partial charge in [0, 0.05) is 24.5 Å². The first kappa shape index (κ1) is 25.2. The maximum atomic E-state index is 13.2. The Balaban J connectivity index is 1.25. The van der Waals surface area contributed by atoms with Gasteiger partial charge in [-0.05, 0) is 49.2 Å². The minimum absolute atomic E-state index is 0.0720. The molecular formula is C29H27N5O3S. The molecule has 0 aliphatic rings. The second kappa shape index (κ2) is 11.3. The molecule has 0 saturated carbocycles. The summed E-state index contributed by atoms with van der Waals surface area (Å²) < 4.78 is 2.90. The summed E-state index contributed by atoms with van der Waals surface area (Å²) in [5.41, 5.74) is 8.37. The summed E-state index contributed by atoms with van der Waals surface area (Å²) in [6, 6.07) is 22.1. The van der Waals surface area contributed by atoms with E-state index in [1.807, 2.05) is 53.1 Å². The van der Waals surface area contributed by atoms with Gasteiger partial charge in [-0.2, -0.15) is 0 Å². The normalized spacial score (nSPS) is 11.1. The molecule has 4 N–H and O–H groups in total. The van der Waals surface area contributed by atoms with E-state index in [9.17, 15) is 14.4 Å². The van der Waals surface area contributed by atoms with Crippen LogP contribution >= 0.6 is 11.3 Å². The molecule has 0 aliphatic carbocycles. The van der Waals surface area contributed by atoms with Crippen molar-refractivity contribution in [2.24, 2.45) is 0 Å². The molecule has 38 heavy (non-hydrogen) atoms. The Morgan fingerprint density at radius 2 is 1.66 bits per heavy atom. The van der Waals surface area contributed by atoms with Crippen LogP contribution in [0.1, 0.15) is 36.0 Å². The molecule has 2 aromatic heterocycles. The van der Waals surface area contributed by atoms with Crippen LogP contribution < -0.4 is 21.8 Å². The number of aromatic nitrogens is 2. The molecule has 8 nitrogen and oxygen atoms in total. The minimum atomic E-state index is -0.481. The van der Waals surface area contributed by atoms with E-state index in [0.29, 0.717) is 41.3 Å². The average molecular weight is 526 g/mol. The Morgan fingerprint density at radius 1 is 0.895 bits per heavy atom. The highest BCUT2D eigenvalue weighted by atomic mass is 32.1. The van der Waals surface area contributed by atoms with Gasteiger partial charge in [0.05, 0.1) is 27.1 Å². The molecule has 5 rings (SSSR count). The molecule has 9 heteroatoms. The van der Waals surface area contributed by atoms with E-state index in [-0.39, 0.29) is 16.9 Å². The third-order valence-electron chi connectivity index (χ3n) is 6.28. The van der Waals surface area contributed by atoms with Crippen molar-refractivity contribution in [2.45, 2.75) is 32.2 Å². The summed E-state index contributed by atoms with van der Waals surface area (Å²) in [7, 11) is 0. The number of amides is 2. The topological polar surface area (TPSA) is 119 Å². The predicted octanol–water partition coefficient (Wildman–Crippen LogP) is 5.64. The SMILES string of the molecule is Nc1ccccc1NC(=O)CCCCCn1cc(C(=O)Nc2nc3ccccc3s2)c(=O)c2ccccc21. The molecule has 192 valence electrons. The molecule has 2 amide bonds. The highest BCUT2D eigenvalue weighted by Gasteiger charge is 2.17. The van der Waals surface area contributed by atoms with Crippen LogP contribution in [0.3, 0.4) is 0 Å². The summed E-state index contributed by atoms with van der Waals surface area (Å²) >= 11 is 1.37. The number of hydrogen-bond acceptors (Lipinski definition) is 6. The number of nitrogens with zero attached hydrogens (tertiary/aromatic N) is 2. The number of pyridine rings is 1. The molecule has 0 fully saturated rings. The van der Waals surface area contributed by atoms with Crippen molar-refractivity contribution in [1.82, 2.24) is 9.55 Å². The zero-order valence-corrected chi connectivity index (χ0v) is 21.5. The highest BCUT2D eigenvalue weighted by molar-refractivity contribution is 7.22. The molecule has 0 aliphatic heterocycles. The molecule has 3 aromatic carbocycles. The molecule has 2 heterocycles. The zero-order valence-electron chi connectivity index (χ0n) is 20.6. The summed E-state index contributed by atoms with van der Waals surface area (Å²) in [5, 5.41) is 6.58. The largest absolute Gasteiger partial charge is 0.397 e. The van der Waals surface area contributed by atoms with Crippen LogP contribution in [0.4, 0.5) is 16.5 Å². The Hall–Kier alpha value is -4.50. The molecular weight excluding hydrogens is 498 g/mol. The van der Waals surface area contributed by atoms with Crippen molar-refractivity contribution in [3.63, 3.8) is 0 Å². The van der Waals surface area contributed by atoms with Crippen molar-refractivity contribution in [1.29, 1.82) is 0 Å². The van der Waals surface area contributed by atoms with Crippen LogP contribution in [0.25, 0.3) is 21.1 Å². The van der Waals surface area contributed by atoms with E-state index < -0.39 is 5.91 Å². The summed E-state index contributed by atoms with van der Waals surface area (Å²) in [6.45, 7) is 0.607. The number of anilines is 3. The number of carbonyl (C=O) groups excluding carboxylic acids is 2. The fourth-order valence-corrected chi connectivity index (χ4v) is 5.21. The van der Waals surface area contributed by atoms with Gasteiger partial charge in [0.2, 0.25) is 11.3 Å². The fourth-order valence-electron chi connectivity index (χ4n) is 4.35. The van der Waals surface area contributed by atoms with Crippen LogP contribution in [-0.2, 0) is 11.3 Å². The van der Waals surface area contributed by atoms with Gasteiger partial charge < -0.3 is 15.6 Å². The average Bonchev–Trinajstić information content (AvgIpc) is 3.33. The van der Waals surface area contributed by atoms with Gasteiger partial charge in [-0.25, -0.2) is 4.98 Å². The van der Waals surface area contributed by atoms with Crippen molar-refractivity contribution in [2.75, 3.05) is 16.4 Å². The van der Waals surface area contributed by atoms with Gasteiger partial charge in [0.25, 0.3) is 5.91 Å². The van der Waals surface area contributed by atoms with Crippen LogP contribution in [0, 0.1) is 0 Å². The number of nitrogens with one attached hydrogen (secondary N) is 2. The van der Waals surface area contributed by atoms with Gasteiger partial charge in [-0.1, -0.05) is 54.2 Å². The minimum Gasteiger partial charge on any atom is -0.397 e. The maximum absolute atomic E-state index is 13.2. The number of hydrogen-bond donors (Lipinski definition) is 3. The summed E-state index contributed by atoms with van der Waals surface area (Å²) in [5.74, 6) is -0.559. The first-order chi connectivity index (χ1) is 18.5. The van der Waals surface area contributed by atoms with Gasteiger partial charge in [-0.15, -0.1) is 0 Å². The number of carbonyl (C=O) groups is 2. The number of fused-ring (bicyclic) bond motifs is 2. The molecule has 0 atom stereocenters. The maximum Gasteiger partial charge on any atom is 0.262 e. The van der Waals surface area contributed by atoms with E-state index in [1.165, 1.54) is 11.3 Å². The number of rotatable bonds is 9. The Kier molecular flexibility index (Phi) is 7.46. The predicted molar refractivity (Wildman–Crippen MR) is 154 cm³/mol. The zero-order chi connectivity index (χ0) is 26.5. The third kappa shape index (κ3) is 5.57. The number of aryl methyl sites for hydroxylation is 1. The third-order valence-corrected chi connectivity index (χ3v) is 7.24. The first-order valence-corrected chi connectivity index (χ1v) is 13.2. The number of nitrogen functional groups attached to an aromatic ring is 1.